The molecule has 1 aromatic heterocycles. The van der Waals surface area contributed by atoms with E-state index in [1.807, 2.05) is 18.2 Å². The van der Waals surface area contributed by atoms with Crippen LogP contribution in [0.5, 0.6) is 5.75 Å². The van der Waals surface area contributed by atoms with Gasteiger partial charge in [0.1, 0.15) is 17.4 Å². The smallest absolute Gasteiger partial charge is 0.141 e. The third-order valence-electron chi connectivity index (χ3n) is 5.00. The van der Waals surface area contributed by atoms with E-state index in [0.29, 0.717) is 6.61 Å². The molecule has 4 rings (SSSR count). The lowest BCUT2D eigenvalue weighted by atomic mass is 10.1. The fourth-order valence-corrected chi connectivity index (χ4v) is 3.70. The van der Waals surface area contributed by atoms with E-state index >= 15 is 0 Å². The summed E-state index contributed by atoms with van der Waals surface area (Å²) in [5, 5.41) is 0. The molecule has 29 heavy (non-hydrogen) atoms. The minimum Gasteiger partial charge on any atom is -0.494 e. The largest absolute Gasteiger partial charge is 0.494 e. The van der Waals surface area contributed by atoms with Crippen LogP contribution in [0.2, 0.25) is 0 Å². The number of fused-ring (bicyclic) bond motifs is 1. The fourth-order valence-electron chi connectivity index (χ4n) is 3.70. The number of benzene rings is 3. The van der Waals surface area contributed by atoms with E-state index in [2.05, 4.69) is 42.7 Å². The Morgan fingerprint density at radius 3 is 2.38 bits per heavy atom. The second kappa shape index (κ2) is 8.48. The molecule has 0 bridgehead atoms. The first-order chi connectivity index (χ1) is 14.1. The quantitative estimate of drug-likeness (QED) is 0.347. The number of nitrogens with zero attached hydrogens (tertiary/aromatic N) is 2. The Hall–Kier alpha value is -3.14. The van der Waals surface area contributed by atoms with E-state index in [1.165, 1.54) is 23.3 Å². The maximum Gasteiger partial charge on any atom is 0.141 e. The average Bonchev–Trinajstić information content (AvgIpc) is 3.06. The molecule has 0 unspecified atom stereocenters. The van der Waals surface area contributed by atoms with Gasteiger partial charge in [-0.2, -0.15) is 0 Å². The molecule has 0 aliphatic heterocycles. The van der Waals surface area contributed by atoms with E-state index in [0.717, 1.165) is 47.6 Å². The van der Waals surface area contributed by atoms with Gasteiger partial charge in [-0.05, 0) is 86.3 Å². The number of rotatable bonds is 7. The molecule has 3 aromatic carbocycles. The van der Waals surface area contributed by atoms with Crippen molar-refractivity contribution in [2.75, 3.05) is 6.61 Å². The Morgan fingerprint density at radius 2 is 1.62 bits per heavy atom. The van der Waals surface area contributed by atoms with Gasteiger partial charge in [-0.1, -0.05) is 18.2 Å². The molecule has 0 atom stereocenters. The van der Waals surface area contributed by atoms with Crippen LogP contribution in [0.15, 0.2) is 66.7 Å². The summed E-state index contributed by atoms with van der Waals surface area (Å²) in [6.07, 6.45) is 1.92. The van der Waals surface area contributed by atoms with Crippen LogP contribution in [0, 0.1) is 19.7 Å². The number of ether oxygens (including phenoxy) is 1. The summed E-state index contributed by atoms with van der Waals surface area (Å²) in [6, 6.07) is 21.0. The molecule has 1 heterocycles. The number of hydrogen-bond donors (Lipinski definition) is 0. The molecule has 0 aliphatic rings. The van der Waals surface area contributed by atoms with Crippen molar-refractivity contribution in [1.29, 1.82) is 0 Å². The van der Waals surface area contributed by atoms with Crippen LogP contribution in [0.25, 0.3) is 22.4 Å². The van der Waals surface area contributed by atoms with Crippen LogP contribution in [-0.4, -0.2) is 16.2 Å². The highest BCUT2D eigenvalue weighted by Gasteiger charge is 2.12. The molecule has 3 nitrogen and oxygen atoms in total. The molecular formula is C25H25FN2O. The minimum absolute atomic E-state index is 0.236. The number of aromatic nitrogens is 2. The lowest BCUT2D eigenvalue weighted by Gasteiger charge is -2.11. The van der Waals surface area contributed by atoms with Gasteiger partial charge in [0.25, 0.3) is 0 Å². The van der Waals surface area contributed by atoms with Gasteiger partial charge in [0, 0.05) is 12.1 Å². The minimum atomic E-state index is -0.236. The summed E-state index contributed by atoms with van der Waals surface area (Å²) in [7, 11) is 0. The fraction of sp³-hybridized carbons (Fsp3) is 0.240. The van der Waals surface area contributed by atoms with Gasteiger partial charge in [-0.25, -0.2) is 9.37 Å². The van der Waals surface area contributed by atoms with Gasteiger partial charge in [-0.15, -0.1) is 0 Å². The normalized spacial score (nSPS) is 11.1. The summed E-state index contributed by atoms with van der Waals surface area (Å²) in [4.78, 5) is 4.79. The molecule has 148 valence electrons. The van der Waals surface area contributed by atoms with Gasteiger partial charge in [-0.3, -0.25) is 0 Å². The van der Waals surface area contributed by atoms with Crippen molar-refractivity contribution >= 4 is 11.0 Å². The zero-order chi connectivity index (χ0) is 20.2. The summed E-state index contributed by atoms with van der Waals surface area (Å²) < 4.78 is 21.5. The van der Waals surface area contributed by atoms with E-state index < -0.39 is 0 Å². The summed E-state index contributed by atoms with van der Waals surface area (Å²) >= 11 is 0. The van der Waals surface area contributed by atoms with Gasteiger partial charge >= 0.3 is 0 Å². The van der Waals surface area contributed by atoms with Crippen LogP contribution in [0.4, 0.5) is 4.39 Å². The standard InChI is InChI=1S/C25H25FN2O/c1-18-15-19(2)17-22(16-18)29-14-6-5-13-28-24-8-4-3-7-23(24)27-25(28)20-9-11-21(26)12-10-20/h3-4,7-12,15-17H,5-6,13-14H2,1-2H3. The summed E-state index contributed by atoms with van der Waals surface area (Å²) in [5.74, 6) is 1.57. The van der Waals surface area contributed by atoms with Crippen molar-refractivity contribution in [2.45, 2.75) is 33.2 Å². The van der Waals surface area contributed by atoms with Gasteiger partial charge in [0.05, 0.1) is 17.6 Å². The van der Waals surface area contributed by atoms with Crippen molar-refractivity contribution in [2.24, 2.45) is 0 Å². The SMILES string of the molecule is Cc1cc(C)cc(OCCCCn2c(-c3ccc(F)cc3)nc3ccccc32)c1. The zero-order valence-electron chi connectivity index (χ0n) is 16.9. The van der Waals surface area contributed by atoms with Gasteiger partial charge in [0.15, 0.2) is 0 Å². The highest BCUT2D eigenvalue weighted by molar-refractivity contribution is 5.80. The van der Waals surface area contributed by atoms with E-state index in [1.54, 1.807) is 12.1 Å². The molecular weight excluding hydrogens is 363 g/mol. The third-order valence-corrected chi connectivity index (χ3v) is 5.00. The molecule has 0 N–H and O–H groups in total. The number of halogens is 1. The second-order valence-corrected chi connectivity index (χ2v) is 7.46. The summed E-state index contributed by atoms with van der Waals surface area (Å²) in [6.45, 7) is 5.69. The predicted octanol–water partition coefficient (Wildman–Crippen LogP) is 6.32. The van der Waals surface area contributed by atoms with Crippen LogP contribution in [0.3, 0.4) is 0 Å². The Balaban J connectivity index is 1.46. The monoisotopic (exact) mass is 388 g/mol. The molecule has 0 radical (unpaired) electrons. The number of imidazole rings is 1. The van der Waals surface area contributed by atoms with E-state index in [4.69, 9.17) is 9.72 Å². The van der Waals surface area contributed by atoms with Crippen LogP contribution >= 0.6 is 0 Å². The first-order valence-electron chi connectivity index (χ1n) is 10.0. The maximum absolute atomic E-state index is 13.3. The van der Waals surface area contributed by atoms with Crippen LogP contribution in [-0.2, 0) is 6.54 Å². The van der Waals surface area contributed by atoms with Gasteiger partial charge in [0.2, 0.25) is 0 Å². The lowest BCUT2D eigenvalue weighted by Crippen LogP contribution is -2.04. The van der Waals surface area contributed by atoms with Crippen molar-refractivity contribution in [3.05, 3.63) is 83.7 Å². The highest BCUT2D eigenvalue weighted by atomic mass is 19.1. The Labute approximate surface area is 170 Å². The first kappa shape index (κ1) is 19.2. The third kappa shape index (κ3) is 4.48. The number of hydrogen-bond acceptors (Lipinski definition) is 2. The predicted molar refractivity (Wildman–Crippen MR) is 116 cm³/mol. The maximum atomic E-state index is 13.3. The number of aryl methyl sites for hydroxylation is 3. The van der Waals surface area contributed by atoms with Crippen molar-refractivity contribution in [3.8, 4) is 17.1 Å². The molecule has 4 aromatic rings. The molecule has 0 aliphatic carbocycles. The molecule has 0 amide bonds. The topological polar surface area (TPSA) is 27.1 Å². The van der Waals surface area contributed by atoms with E-state index in [9.17, 15) is 4.39 Å². The molecule has 0 fully saturated rings. The van der Waals surface area contributed by atoms with Gasteiger partial charge < -0.3 is 9.30 Å². The van der Waals surface area contributed by atoms with Crippen molar-refractivity contribution < 1.29 is 9.13 Å². The molecule has 0 spiro atoms. The summed E-state index contributed by atoms with van der Waals surface area (Å²) in [5.41, 5.74) is 5.41. The molecule has 4 heteroatoms. The number of unbranched alkanes of at least 4 members (excludes halogenated alkanes) is 1. The van der Waals surface area contributed by atoms with Crippen molar-refractivity contribution in [3.63, 3.8) is 0 Å². The van der Waals surface area contributed by atoms with E-state index in [-0.39, 0.29) is 5.82 Å². The van der Waals surface area contributed by atoms with Crippen molar-refractivity contribution in [1.82, 2.24) is 9.55 Å². The lowest BCUT2D eigenvalue weighted by molar-refractivity contribution is 0.303. The second-order valence-electron chi connectivity index (χ2n) is 7.46. The molecule has 0 saturated carbocycles. The Kier molecular flexibility index (Phi) is 5.61. The average molecular weight is 388 g/mol. The number of para-hydroxylation sites is 2. The zero-order valence-corrected chi connectivity index (χ0v) is 16.9. The Morgan fingerprint density at radius 1 is 0.897 bits per heavy atom. The molecule has 0 saturated heterocycles. The highest BCUT2D eigenvalue weighted by Crippen LogP contribution is 2.25. The van der Waals surface area contributed by atoms with Crippen LogP contribution < -0.4 is 4.74 Å². The Bertz CT molecular complexity index is 1100. The van der Waals surface area contributed by atoms with Crippen LogP contribution in [0.1, 0.15) is 24.0 Å². The first-order valence-corrected chi connectivity index (χ1v) is 10.0.